The van der Waals surface area contributed by atoms with Gasteiger partial charge in [0, 0.05) is 11.6 Å². The minimum atomic E-state index is -0.279. The summed E-state index contributed by atoms with van der Waals surface area (Å²) in [7, 11) is 1.69. The van der Waals surface area contributed by atoms with E-state index in [9.17, 15) is 10.1 Å². The summed E-state index contributed by atoms with van der Waals surface area (Å²) < 4.78 is 5.29. The highest BCUT2D eigenvalue weighted by molar-refractivity contribution is 5.39. The first-order valence-electron chi connectivity index (χ1n) is 8.68. The van der Waals surface area contributed by atoms with E-state index in [-0.39, 0.29) is 10.6 Å². The molecule has 1 aliphatic heterocycles. The second kappa shape index (κ2) is 8.09. The smallest absolute Gasteiger partial charge is 0.278 e. The van der Waals surface area contributed by atoms with E-state index in [0.29, 0.717) is 0 Å². The molecule has 1 fully saturated rings. The third-order valence-electron chi connectivity index (χ3n) is 4.88. The van der Waals surface area contributed by atoms with E-state index in [2.05, 4.69) is 12.1 Å². The van der Waals surface area contributed by atoms with Crippen molar-refractivity contribution >= 4 is 5.69 Å². The Kier molecular flexibility index (Phi) is 5.63. The number of methoxy groups -OCH3 is 1. The number of benzene rings is 2. The van der Waals surface area contributed by atoms with Gasteiger partial charge < -0.3 is 14.5 Å². The van der Waals surface area contributed by atoms with E-state index in [1.165, 1.54) is 10.5 Å². The first-order chi connectivity index (χ1) is 12.2. The SMILES string of the molecule is COc1cccc(C[NH+]2CC[NH+](Cc3ccccc3[N+](=O)[O-])CC2)c1. The number of ether oxygens (including phenoxy) is 1. The molecule has 6 nitrogen and oxygen atoms in total. The number of rotatable bonds is 6. The van der Waals surface area contributed by atoms with Gasteiger partial charge in [-0.05, 0) is 18.2 Å². The third-order valence-corrected chi connectivity index (χ3v) is 4.88. The quantitative estimate of drug-likeness (QED) is 0.577. The van der Waals surface area contributed by atoms with E-state index >= 15 is 0 Å². The fraction of sp³-hybridized carbons (Fsp3) is 0.368. The van der Waals surface area contributed by atoms with Crippen LogP contribution in [0.1, 0.15) is 11.1 Å². The van der Waals surface area contributed by atoms with Gasteiger partial charge in [-0.25, -0.2) is 0 Å². The molecule has 2 N–H and O–H groups in total. The van der Waals surface area contributed by atoms with E-state index in [1.54, 1.807) is 24.1 Å². The van der Waals surface area contributed by atoms with Crippen molar-refractivity contribution in [3.05, 3.63) is 69.8 Å². The summed E-state index contributed by atoms with van der Waals surface area (Å²) in [6.07, 6.45) is 0. The Bertz CT molecular complexity index is 727. The van der Waals surface area contributed by atoms with Gasteiger partial charge in [0.05, 0.1) is 17.6 Å². The Hall–Kier alpha value is -2.44. The third kappa shape index (κ3) is 4.55. The second-order valence-corrected chi connectivity index (χ2v) is 6.59. The summed E-state index contributed by atoms with van der Waals surface area (Å²) in [6, 6.07) is 15.3. The van der Waals surface area contributed by atoms with Crippen LogP contribution in [0.25, 0.3) is 0 Å². The minimum Gasteiger partial charge on any atom is -0.497 e. The van der Waals surface area contributed by atoms with Crippen molar-refractivity contribution in [3.8, 4) is 5.75 Å². The van der Waals surface area contributed by atoms with Crippen molar-refractivity contribution in [2.75, 3.05) is 33.3 Å². The molecule has 0 aromatic heterocycles. The van der Waals surface area contributed by atoms with Crippen molar-refractivity contribution in [1.82, 2.24) is 0 Å². The van der Waals surface area contributed by atoms with Crippen molar-refractivity contribution in [3.63, 3.8) is 0 Å². The average Bonchev–Trinajstić information content (AvgIpc) is 2.64. The van der Waals surface area contributed by atoms with Crippen LogP contribution in [0.5, 0.6) is 5.75 Å². The average molecular weight is 343 g/mol. The molecule has 0 spiro atoms. The molecular weight excluding hydrogens is 318 g/mol. The summed E-state index contributed by atoms with van der Waals surface area (Å²) in [5.41, 5.74) is 2.36. The molecule has 6 heteroatoms. The number of nitrogens with one attached hydrogen (secondary N) is 2. The predicted molar refractivity (Wildman–Crippen MR) is 94.9 cm³/mol. The Balaban J connectivity index is 1.54. The van der Waals surface area contributed by atoms with Crippen LogP contribution in [0.2, 0.25) is 0 Å². The van der Waals surface area contributed by atoms with Crippen molar-refractivity contribution in [1.29, 1.82) is 0 Å². The van der Waals surface area contributed by atoms with Gasteiger partial charge in [-0.15, -0.1) is 0 Å². The molecule has 0 atom stereocenters. The number of nitro benzene ring substituents is 1. The van der Waals surface area contributed by atoms with E-state index < -0.39 is 0 Å². The fourth-order valence-corrected chi connectivity index (χ4v) is 3.49. The van der Waals surface area contributed by atoms with Crippen molar-refractivity contribution in [2.24, 2.45) is 0 Å². The monoisotopic (exact) mass is 343 g/mol. The van der Waals surface area contributed by atoms with Crippen LogP contribution < -0.4 is 14.5 Å². The van der Waals surface area contributed by atoms with E-state index in [4.69, 9.17) is 4.74 Å². The first kappa shape index (κ1) is 17.4. The Morgan fingerprint density at radius 2 is 1.68 bits per heavy atom. The van der Waals surface area contributed by atoms with Gasteiger partial charge in [0.1, 0.15) is 45.0 Å². The predicted octanol–water partition coefficient (Wildman–Crippen LogP) is 0.0870. The van der Waals surface area contributed by atoms with Crippen LogP contribution >= 0.6 is 0 Å². The first-order valence-corrected chi connectivity index (χ1v) is 8.68. The van der Waals surface area contributed by atoms with Gasteiger partial charge in [-0.1, -0.05) is 24.3 Å². The van der Waals surface area contributed by atoms with E-state index in [0.717, 1.165) is 50.6 Å². The van der Waals surface area contributed by atoms with Crippen molar-refractivity contribution in [2.45, 2.75) is 13.1 Å². The topological polar surface area (TPSA) is 61.2 Å². The van der Waals surface area contributed by atoms with Gasteiger partial charge in [0.25, 0.3) is 5.69 Å². The van der Waals surface area contributed by atoms with Gasteiger partial charge in [-0.3, -0.25) is 10.1 Å². The number of nitro groups is 1. The molecule has 2 aromatic rings. The molecule has 1 saturated heterocycles. The standard InChI is InChI=1S/C19H23N3O3/c1-25-18-7-4-5-16(13-18)14-20-9-11-21(12-10-20)15-17-6-2-3-8-19(17)22(23)24/h2-8,13H,9-12,14-15H2,1H3/p+2. The number of hydrogen-bond donors (Lipinski definition) is 2. The molecule has 0 amide bonds. The zero-order valence-electron chi connectivity index (χ0n) is 14.5. The summed E-state index contributed by atoms with van der Waals surface area (Å²) in [6.45, 7) is 5.94. The van der Waals surface area contributed by atoms with Gasteiger partial charge >= 0.3 is 0 Å². The lowest BCUT2D eigenvalue weighted by Gasteiger charge is -2.29. The zero-order chi connectivity index (χ0) is 17.6. The lowest BCUT2D eigenvalue weighted by molar-refractivity contribution is -1.02. The maximum atomic E-state index is 11.2. The maximum Gasteiger partial charge on any atom is 0.278 e. The van der Waals surface area contributed by atoms with Crippen LogP contribution in [0.3, 0.4) is 0 Å². The Morgan fingerprint density at radius 3 is 2.36 bits per heavy atom. The van der Waals surface area contributed by atoms with E-state index in [1.807, 2.05) is 24.3 Å². The van der Waals surface area contributed by atoms with Crippen LogP contribution in [-0.2, 0) is 13.1 Å². The summed E-state index contributed by atoms with van der Waals surface area (Å²) >= 11 is 0. The molecule has 1 heterocycles. The molecular formula is C19H25N3O3+2. The Labute approximate surface area is 147 Å². The molecule has 0 bridgehead atoms. The van der Waals surface area contributed by atoms with Crippen LogP contribution in [0, 0.1) is 10.1 Å². The maximum absolute atomic E-state index is 11.2. The van der Waals surface area contributed by atoms with Gasteiger partial charge in [-0.2, -0.15) is 0 Å². The molecule has 132 valence electrons. The number of para-hydroxylation sites is 1. The normalized spacial score (nSPS) is 20.2. The molecule has 25 heavy (non-hydrogen) atoms. The summed E-state index contributed by atoms with van der Waals surface area (Å²) in [5, 5.41) is 11.2. The summed E-state index contributed by atoms with van der Waals surface area (Å²) in [5.74, 6) is 0.901. The molecule has 0 unspecified atom stereocenters. The molecule has 0 aliphatic carbocycles. The molecule has 2 aromatic carbocycles. The largest absolute Gasteiger partial charge is 0.497 e. The molecule has 1 aliphatic rings. The van der Waals surface area contributed by atoms with Gasteiger partial charge in [0.2, 0.25) is 0 Å². The highest BCUT2D eigenvalue weighted by atomic mass is 16.6. The number of hydrogen-bond acceptors (Lipinski definition) is 3. The zero-order valence-corrected chi connectivity index (χ0v) is 14.5. The second-order valence-electron chi connectivity index (χ2n) is 6.59. The van der Waals surface area contributed by atoms with Crippen LogP contribution in [-0.4, -0.2) is 38.2 Å². The number of nitrogens with zero attached hydrogens (tertiary/aromatic N) is 1. The molecule has 3 rings (SSSR count). The fourth-order valence-electron chi connectivity index (χ4n) is 3.49. The highest BCUT2D eigenvalue weighted by Crippen LogP contribution is 2.16. The van der Waals surface area contributed by atoms with Crippen LogP contribution in [0.4, 0.5) is 5.69 Å². The molecule has 0 saturated carbocycles. The lowest BCUT2D eigenvalue weighted by atomic mass is 10.1. The van der Waals surface area contributed by atoms with Gasteiger partial charge in [0.15, 0.2) is 0 Å². The number of quaternary nitrogens is 2. The highest BCUT2D eigenvalue weighted by Gasteiger charge is 2.25. The van der Waals surface area contributed by atoms with Crippen molar-refractivity contribution < 1.29 is 19.5 Å². The Morgan fingerprint density at radius 1 is 1.00 bits per heavy atom. The van der Waals surface area contributed by atoms with Crippen LogP contribution in [0.15, 0.2) is 48.5 Å². The lowest BCUT2D eigenvalue weighted by Crippen LogP contribution is -3.27. The number of piperazine rings is 1. The summed E-state index contributed by atoms with van der Waals surface area (Å²) in [4.78, 5) is 13.8. The molecule has 0 radical (unpaired) electrons. The minimum absolute atomic E-state index is 0.237.